The molecule has 35 heavy (non-hydrogen) atoms. The predicted octanol–water partition coefficient (Wildman–Crippen LogP) is 3.35. The highest BCUT2D eigenvalue weighted by Gasteiger charge is 2.21. The molecule has 1 heterocycles. The van der Waals surface area contributed by atoms with Crippen molar-refractivity contribution in [3.8, 4) is 27.8 Å². The molecule has 0 aliphatic carbocycles. The third-order valence-corrected chi connectivity index (χ3v) is 6.00. The molecule has 0 saturated heterocycles. The SMILES string of the molecule is COCCN(CCC(=O)Nc1nnc(-c2ccc(OC)cc2)s1)C(=O)c1ccc(OC)cc1OC. The van der Waals surface area contributed by atoms with Crippen molar-refractivity contribution in [2.75, 3.05) is 53.5 Å². The first kappa shape index (κ1) is 25.9. The molecule has 0 fully saturated rings. The summed E-state index contributed by atoms with van der Waals surface area (Å²) in [6.45, 7) is 0.832. The molecule has 3 aromatic rings. The van der Waals surface area contributed by atoms with Crippen LogP contribution in [0.25, 0.3) is 10.6 Å². The van der Waals surface area contributed by atoms with Crippen LogP contribution in [0.15, 0.2) is 42.5 Å². The Morgan fingerprint density at radius 3 is 2.29 bits per heavy atom. The Labute approximate surface area is 207 Å². The van der Waals surface area contributed by atoms with Gasteiger partial charge in [0.1, 0.15) is 22.3 Å². The van der Waals surface area contributed by atoms with E-state index in [0.717, 1.165) is 11.3 Å². The average molecular weight is 501 g/mol. The molecule has 0 aliphatic heterocycles. The first-order valence-electron chi connectivity index (χ1n) is 10.8. The van der Waals surface area contributed by atoms with Gasteiger partial charge in [0.2, 0.25) is 11.0 Å². The third-order valence-electron chi connectivity index (χ3n) is 5.11. The van der Waals surface area contributed by atoms with Gasteiger partial charge in [-0.25, -0.2) is 0 Å². The van der Waals surface area contributed by atoms with Crippen LogP contribution in [0.2, 0.25) is 0 Å². The molecule has 1 aromatic heterocycles. The summed E-state index contributed by atoms with van der Waals surface area (Å²) in [4.78, 5) is 27.3. The Bertz CT molecular complexity index is 1140. The summed E-state index contributed by atoms with van der Waals surface area (Å²) in [6, 6.07) is 12.4. The molecule has 3 rings (SSSR count). The number of methoxy groups -OCH3 is 4. The first-order valence-corrected chi connectivity index (χ1v) is 11.6. The fraction of sp³-hybridized carbons (Fsp3) is 0.333. The maximum absolute atomic E-state index is 13.2. The monoisotopic (exact) mass is 500 g/mol. The van der Waals surface area contributed by atoms with Crippen LogP contribution in [0, 0.1) is 0 Å². The molecule has 186 valence electrons. The molecule has 0 spiro atoms. The minimum atomic E-state index is -0.278. The van der Waals surface area contributed by atoms with Gasteiger partial charge >= 0.3 is 0 Å². The number of hydrogen-bond acceptors (Lipinski definition) is 9. The van der Waals surface area contributed by atoms with Gasteiger partial charge in [-0.3, -0.25) is 9.59 Å². The number of carbonyl (C=O) groups is 2. The molecule has 11 heteroatoms. The summed E-state index contributed by atoms with van der Waals surface area (Å²) >= 11 is 1.26. The number of ether oxygens (including phenoxy) is 4. The molecule has 1 N–H and O–H groups in total. The third kappa shape index (κ3) is 6.90. The second-order valence-electron chi connectivity index (χ2n) is 7.29. The average Bonchev–Trinajstić information content (AvgIpc) is 3.36. The minimum Gasteiger partial charge on any atom is -0.497 e. The van der Waals surface area contributed by atoms with E-state index in [4.69, 9.17) is 18.9 Å². The number of hydrogen-bond donors (Lipinski definition) is 1. The number of nitrogens with one attached hydrogen (secondary N) is 1. The molecule has 0 atom stereocenters. The number of amides is 2. The maximum Gasteiger partial charge on any atom is 0.257 e. The van der Waals surface area contributed by atoms with Gasteiger partial charge in [-0.05, 0) is 36.4 Å². The van der Waals surface area contributed by atoms with Crippen LogP contribution in [-0.4, -0.2) is 75.0 Å². The quantitative estimate of drug-likeness (QED) is 0.403. The predicted molar refractivity (Wildman–Crippen MR) is 132 cm³/mol. The Morgan fingerprint density at radius 2 is 1.63 bits per heavy atom. The molecule has 2 amide bonds. The van der Waals surface area contributed by atoms with Crippen LogP contribution >= 0.6 is 11.3 Å². The fourth-order valence-corrected chi connectivity index (χ4v) is 3.97. The highest BCUT2D eigenvalue weighted by Crippen LogP contribution is 2.28. The minimum absolute atomic E-state index is 0.0748. The summed E-state index contributed by atoms with van der Waals surface area (Å²) in [7, 11) is 6.18. The number of rotatable bonds is 12. The Balaban J connectivity index is 1.63. The fourth-order valence-electron chi connectivity index (χ4n) is 3.20. The van der Waals surface area contributed by atoms with Crippen molar-refractivity contribution >= 4 is 28.3 Å². The van der Waals surface area contributed by atoms with E-state index < -0.39 is 0 Å². The van der Waals surface area contributed by atoms with Crippen LogP contribution in [0.1, 0.15) is 16.8 Å². The van der Waals surface area contributed by atoms with Crippen LogP contribution in [-0.2, 0) is 9.53 Å². The summed E-state index contributed by atoms with van der Waals surface area (Å²) in [5.74, 6) is 1.16. The lowest BCUT2D eigenvalue weighted by Crippen LogP contribution is -2.36. The molecule has 0 radical (unpaired) electrons. The highest BCUT2D eigenvalue weighted by atomic mass is 32.1. The molecule has 2 aromatic carbocycles. The van der Waals surface area contributed by atoms with Crippen LogP contribution in [0.5, 0.6) is 17.2 Å². The lowest BCUT2D eigenvalue weighted by atomic mass is 10.1. The summed E-state index contributed by atoms with van der Waals surface area (Å²) < 4.78 is 20.9. The Hall–Kier alpha value is -3.70. The van der Waals surface area contributed by atoms with Crippen molar-refractivity contribution in [1.29, 1.82) is 0 Å². The topological polar surface area (TPSA) is 112 Å². The van der Waals surface area contributed by atoms with E-state index in [9.17, 15) is 9.59 Å². The highest BCUT2D eigenvalue weighted by molar-refractivity contribution is 7.18. The number of aromatic nitrogens is 2. The van der Waals surface area contributed by atoms with E-state index in [1.165, 1.54) is 25.6 Å². The molecule has 0 unspecified atom stereocenters. The molecular formula is C24H28N4O6S. The van der Waals surface area contributed by atoms with Crippen molar-refractivity contribution in [3.05, 3.63) is 48.0 Å². The van der Waals surface area contributed by atoms with Crippen LogP contribution < -0.4 is 19.5 Å². The van der Waals surface area contributed by atoms with Gasteiger partial charge < -0.3 is 29.2 Å². The van der Waals surface area contributed by atoms with Crippen LogP contribution in [0.4, 0.5) is 5.13 Å². The van der Waals surface area contributed by atoms with Gasteiger partial charge in [0, 0.05) is 38.2 Å². The molecular weight excluding hydrogens is 472 g/mol. The van der Waals surface area contributed by atoms with Gasteiger partial charge in [-0.15, -0.1) is 10.2 Å². The molecule has 0 bridgehead atoms. The summed E-state index contributed by atoms with van der Waals surface area (Å²) in [5.41, 5.74) is 1.24. The van der Waals surface area contributed by atoms with Gasteiger partial charge in [-0.1, -0.05) is 11.3 Å². The van der Waals surface area contributed by atoms with E-state index in [1.54, 1.807) is 37.3 Å². The zero-order chi connectivity index (χ0) is 25.2. The van der Waals surface area contributed by atoms with E-state index in [-0.39, 0.29) is 24.8 Å². The molecule has 0 aliphatic rings. The molecule has 10 nitrogen and oxygen atoms in total. The number of benzene rings is 2. The number of nitrogens with zero attached hydrogens (tertiary/aromatic N) is 3. The number of carbonyl (C=O) groups excluding carboxylic acids is 2. The number of anilines is 1. The Kier molecular flexibility index (Phi) is 9.39. The Morgan fingerprint density at radius 1 is 0.914 bits per heavy atom. The van der Waals surface area contributed by atoms with Gasteiger partial charge in [-0.2, -0.15) is 0 Å². The zero-order valence-corrected chi connectivity index (χ0v) is 20.9. The van der Waals surface area contributed by atoms with Crippen molar-refractivity contribution in [2.24, 2.45) is 0 Å². The first-order chi connectivity index (χ1) is 17.0. The van der Waals surface area contributed by atoms with Crippen molar-refractivity contribution < 1.29 is 28.5 Å². The summed E-state index contributed by atoms with van der Waals surface area (Å²) in [5, 5.41) is 12.0. The lowest BCUT2D eigenvalue weighted by molar-refractivity contribution is -0.116. The van der Waals surface area contributed by atoms with E-state index in [0.29, 0.717) is 40.4 Å². The lowest BCUT2D eigenvalue weighted by Gasteiger charge is -2.23. The van der Waals surface area contributed by atoms with Crippen molar-refractivity contribution in [3.63, 3.8) is 0 Å². The summed E-state index contributed by atoms with van der Waals surface area (Å²) in [6.07, 6.45) is 0.0748. The van der Waals surface area contributed by atoms with Gasteiger partial charge in [0.15, 0.2) is 0 Å². The van der Waals surface area contributed by atoms with Gasteiger partial charge in [0.25, 0.3) is 5.91 Å². The van der Waals surface area contributed by atoms with E-state index in [1.807, 2.05) is 24.3 Å². The normalized spacial score (nSPS) is 10.5. The van der Waals surface area contributed by atoms with Crippen molar-refractivity contribution in [1.82, 2.24) is 15.1 Å². The molecule has 0 saturated carbocycles. The van der Waals surface area contributed by atoms with Crippen molar-refractivity contribution in [2.45, 2.75) is 6.42 Å². The van der Waals surface area contributed by atoms with E-state index in [2.05, 4.69) is 15.5 Å². The standard InChI is InChI=1S/C24H28N4O6S/c1-31-14-13-28(23(30)19-10-9-18(33-3)15-20(19)34-4)12-11-21(29)25-24-27-26-22(35-24)16-5-7-17(32-2)8-6-16/h5-10,15H,11-14H2,1-4H3,(H,25,27,29). The maximum atomic E-state index is 13.2. The second-order valence-corrected chi connectivity index (χ2v) is 8.27. The van der Waals surface area contributed by atoms with E-state index >= 15 is 0 Å². The smallest absolute Gasteiger partial charge is 0.257 e. The van der Waals surface area contributed by atoms with Gasteiger partial charge in [0.05, 0.1) is 33.5 Å². The second kappa shape index (κ2) is 12.7. The van der Waals surface area contributed by atoms with Crippen LogP contribution in [0.3, 0.4) is 0 Å². The zero-order valence-electron chi connectivity index (χ0n) is 20.1. The largest absolute Gasteiger partial charge is 0.497 e.